The molecule has 1 fully saturated rings. The highest BCUT2D eigenvalue weighted by molar-refractivity contribution is 6.31. The average Bonchev–Trinajstić information content (AvgIpc) is 2.69. The number of aryl methyl sites for hydroxylation is 1. The summed E-state index contributed by atoms with van der Waals surface area (Å²) in [5.74, 6) is 1.09. The third kappa shape index (κ3) is 4.21. The normalized spacial score (nSPS) is 29.5. The maximum atomic E-state index is 10.6. The Bertz CT molecular complexity index is 870. The summed E-state index contributed by atoms with van der Waals surface area (Å²) in [6.07, 6.45) is -5.35. The molecule has 0 radical (unpaired) electrons. The number of methoxy groups -OCH3 is 1. The summed E-state index contributed by atoms with van der Waals surface area (Å²) >= 11 is 6.12. The molecule has 0 aromatic heterocycles. The van der Waals surface area contributed by atoms with E-state index in [0.29, 0.717) is 16.5 Å². The first-order valence-electron chi connectivity index (χ1n) is 9.15. The third-order valence-electron chi connectivity index (χ3n) is 5.14. The smallest absolute Gasteiger partial charge is 0.231 e. The SMILES string of the molecule is COc1ccc(Cl)cc1-c1ccc(O[C@H]2OC(CO)[C@@H](O)C(O)[C@]2(C)O)c(C)c1. The fourth-order valence-electron chi connectivity index (χ4n) is 3.33. The van der Waals surface area contributed by atoms with Crippen LogP contribution in [0.4, 0.5) is 0 Å². The number of halogens is 1. The molecule has 0 bridgehead atoms. The number of rotatable bonds is 5. The van der Waals surface area contributed by atoms with Crippen molar-refractivity contribution in [2.75, 3.05) is 13.7 Å². The van der Waals surface area contributed by atoms with E-state index in [2.05, 4.69) is 0 Å². The van der Waals surface area contributed by atoms with Gasteiger partial charge in [-0.05, 0) is 55.3 Å². The standard InChI is InChI=1S/C21H25ClO7/c1-11-8-12(14-9-13(22)5-7-16(14)27-3)4-6-15(11)28-20-21(2,26)19(25)18(24)17(10-23)29-20/h4-9,17-20,23-26H,10H2,1-3H3/t17?,18-,19?,20+,21+/m1/s1. The van der Waals surface area contributed by atoms with Gasteiger partial charge < -0.3 is 34.6 Å². The van der Waals surface area contributed by atoms with E-state index >= 15 is 0 Å². The van der Waals surface area contributed by atoms with E-state index < -0.39 is 36.8 Å². The molecule has 0 saturated carbocycles. The van der Waals surface area contributed by atoms with Crippen molar-refractivity contribution in [1.29, 1.82) is 0 Å². The first-order chi connectivity index (χ1) is 13.7. The molecule has 0 spiro atoms. The topological polar surface area (TPSA) is 109 Å². The summed E-state index contributed by atoms with van der Waals surface area (Å²) in [6, 6.07) is 10.7. The van der Waals surface area contributed by atoms with E-state index in [1.54, 1.807) is 31.4 Å². The Morgan fingerprint density at radius 3 is 2.45 bits per heavy atom. The predicted octanol–water partition coefficient (Wildman–Crippen LogP) is 1.89. The van der Waals surface area contributed by atoms with Gasteiger partial charge in [-0.2, -0.15) is 0 Å². The minimum atomic E-state index is -1.88. The molecule has 0 aliphatic carbocycles. The van der Waals surface area contributed by atoms with Crippen molar-refractivity contribution in [2.45, 2.75) is 44.1 Å². The van der Waals surface area contributed by atoms with Gasteiger partial charge in [-0.3, -0.25) is 0 Å². The summed E-state index contributed by atoms with van der Waals surface area (Å²) in [6.45, 7) is 2.60. The first kappa shape index (κ1) is 21.8. The number of aliphatic hydroxyl groups excluding tert-OH is 3. The Balaban J connectivity index is 1.89. The van der Waals surface area contributed by atoms with Crippen molar-refractivity contribution in [1.82, 2.24) is 0 Å². The third-order valence-corrected chi connectivity index (χ3v) is 5.38. The highest BCUT2D eigenvalue weighted by atomic mass is 35.5. The van der Waals surface area contributed by atoms with Gasteiger partial charge in [0.05, 0.1) is 13.7 Å². The number of hydrogen-bond acceptors (Lipinski definition) is 7. The molecule has 0 amide bonds. The second-order valence-corrected chi connectivity index (χ2v) is 7.73. The van der Waals surface area contributed by atoms with Crippen molar-refractivity contribution in [2.24, 2.45) is 0 Å². The van der Waals surface area contributed by atoms with Gasteiger partial charge in [-0.15, -0.1) is 0 Å². The molecule has 3 rings (SSSR count). The number of aliphatic hydroxyl groups is 4. The molecule has 4 N–H and O–H groups in total. The highest BCUT2D eigenvalue weighted by Crippen LogP contribution is 2.37. The van der Waals surface area contributed by atoms with E-state index in [1.165, 1.54) is 6.92 Å². The summed E-state index contributed by atoms with van der Waals surface area (Å²) in [5, 5.41) is 40.7. The summed E-state index contributed by atoms with van der Waals surface area (Å²) in [4.78, 5) is 0. The summed E-state index contributed by atoms with van der Waals surface area (Å²) in [7, 11) is 1.58. The van der Waals surface area contributed by atoms with E-state index in [-0.39, 0.29) is 0 Å². The van der Waals surface area contributed by atoms with Crippen molar-refractivity contribution in [3.8, 4) is 22.6 Å². The predicted molar refractivity (Wildman–Crippen MR) is 107 cm³/mol. The summed E-state index contributed by atoms with van der Waals surface area (Å²) in [5.41, 5.74) is 0.528. The fourth-order valence-corrected chi connectivity index (χ4v) is 3.51. The second-order valence-electron chi connectivity index (χ2n) is 7.29. The van der Waals surface area contributed by atoms with Crippen LogP contribution >= 0.6 is 11.6 Å². The van der Waals surface area contributed by atoms with Gasteiger partial charge in [-0.1, -0.05) is 17.7 Å². The van der Waals surface area contributed by atoms with Gasteiger partial charge >= 0.3 is 0 Å². The summed E-state index contributed by atoms with van der Waals surface area (Å²) < 4.78 is 16.7. The molecule has 2 unspecified atom stereocenters. The monoisotopic (exact) mass is 424 g/mol. The maximum Gasteiger partial charge on any atom is 0.231 e. The van der Waals surface area contributed by atoms with Gasteiger partial charge in [0.1, 0.15) is 29.8 Å². The molecule has 158 valence electrons. The zero-order valence-electron chi connectivity index (χ0n) is 16.4. The number of hydrogen-bond donors (Lipinski definition) is 4. The van der Waals surface area contributed by atoms with Crippen LogP contribution in [-0.4, -0.2) is 64.3 Å². The zero-order chi connectivity index (χ0) is 21.3. The Morgan fingerprint density at radius 2 is 1.83 bits per heavy atom. The van der Waals surface area contributed by atoms with Crippen LogP contribution in [0.1, 0.15) is 12.5 Å². The minimum Gasteiger partial charge on any atom is -0.496 e. The molecule has 1 aliphatic rings. The average molecular weight is 425 g/mol. The van der Waals surface area contributed by atoms with Crippen LogP contribution in [0.25, 0.3) is 11.1 Å². The molecule has 29 heavy (non-hydrogen) atoms. The van der Waals surface area contributed by atoms with E-state index in [9.17, 15) is 20.4 Å². The van der Waals surface area contributed by atoms with Crippen molar-refractivity contribution in [3.05, 3.63) is 47.0 Å². The molecule has 1 aliphatic heterocycles. The minimum absolute atomic E-state index is 0.417. The van der Waals surface area contributed by atoms with E-state index in [0.717, 1.165) is 16.7 Å². The van der Waals surface area contributed by atoms with Crippen LogP contribution in [-0.2, 0) is 4.74 Å². The fraction of sp³-hybridized carbons (Fsp3) is 0.429. The van der Waals surface area contributed by atoms with Crippen LogP contribution in [0, 0.1) is 6.92 Å². The molecule has 2 aromatic rings. The molecule has 1 saturated heterocycles. The van der Waals surface area contributed by atoms with Crippen LogP contribution in [0.3, 0.4) is 0 Å². The van der Waals surface area contributed by atoms with Crippen molar-refractivity contribution >= 4 is 11.6 Å². The highest BCUT2D eigenvalue weighted by Gasteiger charge is 2.53. The lowest BCUT2D eigenvalue weighted by Crippen LogP contribution is -2.66. The molecule has 7 nitrogen and oxygen atoms in total. The Morgan fingerprint density at radius 1 is 1.14 bits per heavy atom. The molecule has 2 aromatic carbocycles. The van der Waals surface area contributed by atoms with Gasteiger partial charge in [0.2, 0.25) is 6.29 Å². The number of ether oxygens (including phenoxy) is 3. The zero-order valence-corrected chi connectivity index (χ0v) is 17.1. The maximum absolute atomic E-state index is 10.6. The second kappa shape index (κ2) is 8.47. The molecule has 1 heterocycles. The molecule has 8 heteroatoms. The lowest BCUT2D eigenvalue weighted by atomic mass is 9.88. The van der Waals surface area contributed by atoms with Crippen LogP contribution in [0.5, 0.6) is 11.5 Å². The van der Waals surface area contributed by atoms with Crippen LogP contribution < -0.4 is 9.47 Å². The van der Waals surface area contributed by atoms with Crippen LogP contribution in [0.15, 0.2) is 36.4 Å². The lowest BCUT2D eigenvalue weighted by Gasteiger charge is -2.45. The van der Waals surface area contributed by atoms with Gasteiger partial charge in [0.15, 0.2) is 5.60 Å². The molecule has 5 atom stereocenters. The molecular formula is C21H25ClO7. The first-order valence-corrected chi connectivity index (χ1v) is 9.53. The van der Waals surface area contributed by atoms with Crippen LogP contribution in [0.2, 0.25) is 5.02 Å². The van der Waals surface area contributed by atoms with E-state index in [4.69, 9.17) is 25.8 Å². The van der Waals surface area contributed by atoms with Gasteiger partial charge in [-0.25, -0.2) is 0 Å². The van der Waals surface area contributed by atoms with E-state index in [1.807, 2.05) is 19.1 Å². The van der Waals surface area contributed by atoms with Crippen molar-refractivity contribution < 1.29 is 34.6 Å². The molecular weight excluding hydrogens is 400 g/mol. The van der Waals surface area contributed by atoms with Gasteiger partial charge in [0.25, 0.3) is 0 Å². The lowest BCUT2D eigenvalue weighted by molar-refractivity contribution is -0.314. The Labute approximate surface area is 174 Å². The largest absolute Gasteiger partial charge is 0.496 e. The number of benzene rings is 2. The Hall–Kier alpha value is -1.87. The van der Waals surface area contributed by atoms with Crippen molar-refractivity contribution in [3.63, 3.8) is 0 Å². The Kier molecular flexibility index (Phi) is 6.38. The quantitative estimate of drug-likeness (QED) is 0.580. The van der Waals surface area contributed by atoms with Gasteiger partial charge in [0, 0.05) is 10.6 Å².